The second kappa shape index (κ2) is 3.38. The molecule has 84 valence electrons. The lowest BCUT2D eigenvalue weighted by atomic mass is 10.1. The van der Waals surface area contributed by atoms with Crippen LogP contribution in [-0.2, 0) is 4.79 Å². The van der Waals surface area contributed by atoms with E-state index in [1.54, 1.807) is 30.3 Å². The van der Waals surface area contributed by atoms with Crippen LogP contribution >= 0.6 is 0 Å². The minimum Gasteiger partial charge on any atom is -0.295 e. The second-order valence-electron chi connectivity index (χ2n) is 4.12. The molecule has 17 heavy (non-hydrogen) atoms. The average molecular weight is 227 g/mol. The molecule has 2 amide bonds. The first-order valence-corrected chi connectivity index (χ1v) is 5.36. The summed E-state index contributed by atoms with van der Waals surface area (Å²) < 4.78 is 0. The third kappa shape index (κ3) is 1.34. The molecule has 0 saturated carbocycles. The maximum atomic E-state index is 12.1. The van der Waals surface area contributed by atoms with Crippen LogP contribution < -0.4 is 0 Å². The van der Waals surface area contributed by atoms with Crippen LogP contribution in [-0.4, -0.2) is 28.5 Å². The number of carbonyl (C=O) groups is 3. The predicted octanol–water partition coefficient (Wildman–Crippen LogP) is 1.18. The van der Waals surface area contributed by atoms with Crippen LogP contribution in [0.5, 0.6) is 0 Å². The van der Waals surface area contributed by atoms with Gasteiger partial charge in [0.05, 0.1) is 17.2 Å². The van der Waals surface area contributed by atoms with Crippen LogP contribution in [0.1, 0.15) is 27.1 Å². The largest absolute Gasteiger partial charge is 0.295 e. The molecule has 0 saturated heterocycles. The zero-order valence-corrected chi connectivity index (χ0v) is 8.92. The third-order valence-electron chi connectivity index (χ3n) is 3.07. The quantitative estimate of drug-likeness (QED) is 0.677. The Labute approximate surface area is 97.5 Å². The SMILES string of the molecule is O=C1C=C[C@@H](N2C(=O)c3ccccc3C2=O)C1. The average Bonchev–Trinajstić information content (AvgIpc) is 2.84. The van der Waals surface area contributed by atoms with Gasteiger partial charge in [-0.05, 0) is 18.2 Å². The summed E-state index contributed by atoms with van der Waals surface area (Å²) in [5, 5.41) is 0. The van der Waals surface area contributed by atoms with Crippen LogP contribution in [0.4, 0.5) is 0 Å². The Morgan fingerprint density at radius 2 is 1.59 bits per heavy atom. The number of imide groups is 1. The zero-order valence-electron chi connectivity index (χ0n) is 8.92. The smallest absolute Gasteiger partial charge is 0.262 e. The summed E-state index contributed by atoms with van der Waals surface area (Å²) in [5.74, 6) is -0.670. The lowest BCUT2D eigenvalue weighted by Crippen LogP contribution is -2.38. The van der Waals surface area contributed by atoms with Crippen molar-refractivity contribution in [2.75, 3.05) is 0 Å². The molecule has 3 rings (SSSR count). The minimum atomic E-state index is -0.421. The van der Waals surface area contributed by atoms with Crippen molar-refractivity contribution in [3.05, 3.63) is 47.5 Å². The summed E-state index contributed by atoms with van der Waals surface area (Å²) in [6.07, 6.45) is 3.24. The fourth-order valence-corrected chi connectivity index (χ4v) is 2.25. The summed E-state index contributed by atoms with van der Waals surface area (Å²) in [7, 11) is 0. The number of hydrogen-bond donors (Lipinski definition) is 0. The van der Waals surface area contributed by atoms with E-state index in [1.807, 2.05) is 0 Å². The van der Waals surface area contributed by atoms with Crippen molar-refractivity contribution in [1.82, 2.24) is 4.90 Å². The molecule has 0 fully saturated rings. The van der Waals surface area contributed by atoms with Gasteiger partial charge in [-0.25, -0.2) is 0 Å². The number of rotatable bonds is 1. The fraction of sp³-hybridized carbons (Fsp3) is 0.154. The number of hydrogen-bond acceptors (Lipinski definition) is 3. The molecule has 0 spiro atoms. The molecule has 0 aromatic heterocycles. The number of amides is 2. The van der Waals surface area contributed by atoms with Gasteiger partial charge in [-0.15, -0.1) is 0 Å². The molecule has 0 unspecified atom stereocenters. The van der Waals surface area contributed by atoms with E-state index in [-0.39, 0.29) is 24.0 Å². The summed E-state index contributed by atoms with van der Waals surface area (Å²) >= 11 is 0. The molecule has 1 aliphatic heterocycles. The van der Waals surface area contributed by atoms with Gasteiger partial charge in [0, 0.05) is 6.42 Å². The monoisotopic (exact) mass is 227 g/mol. The molecule has 0 N–H and O–H groups in total. The van der Waals surface area contributed by atoms with Crippen molar-refractivity contribution < 1.29 is 14.4 Å². The third-order valence-corrected chi connectivity index (χ3v) is 3.07. The van der Waals surface area contributed by atoms with E-state index in [0.717, 1.165) is 0 Å². The maximum absolute atomic E-state index is 12.1. The molecule has 0 bridgehead atoms. The van der Waals surface area contributed by atoms with E-state index in [9.17, 15) is 14.4 Å². The molecular weight excluding hydrogens is 218 g/mol. The molecule has 2 aliphatic rings. The van der Waals surface area contributed by atoms with Crippen LogP contribution in [0.25, 0.3) is 0 Å². The van der Waals surface area contributed by atoms with E-state index >= 15 is 0 Å². The topological polar surface area (TPSA) is 54.5 Å². The van der Waals surface area contributed by atoms with Crippen molar-refractivity contribution in [2.24, 2.45) is 0 Å². The van der Waals surface area contributed by atoms with Gasteiger partial charge >= 0.3 is 0 Å². The maximum Gasteiger partial charge on any atom is 0.262 e. The number of carbonyl (C=O) groups excluding carboxylic acids is 3. The van der Waals surface area contributed by atoms with Crippen LogP contribution in [0.3, 0.4) is 0 Å². The Morgan fingerprint density at radius 1 is 1.00 bits per heavy atom. The van der Waals surface area contributed by atoms with Crippen molar-refractivity contribution in [1.29, 1.82) is 0 Å². The number of nitrogens with zero attached hydrogens (tertiary/aromatic N) is 1. The van der Waals surface area contributed by atoms with Crippen LogP contribution in [0, 0.1) is 0 Å². The summed E-state index contributed by atoms with van der Waals surface area (Å²) in [6, 6.07) is 6.30. The Bertz CT molecular complexity index is 539. The molecule has 1 aromatic carbocycles. The first kappa shape index (κ1) is 9.96. The summed E-state index contributed by atoms with van der Waals surface area (Å²) in [5.41, 5.74) is 0.843. The number of allylic oxidation sites excluding steroid dienone is 1. The molecule has 0 radical (unpaired) electrons. The number of fused-ring (bicyclic) bond motifs is 1. The van der Waals surface area contributed by atoms with Gasteiger partial charge < -0.3 is 0 Å². The molecule has 1 atom stereocenters. The highest BCUT2D eigenvalue weighted by Gasteiger charge is 2.40. The molecule has 4 nitrogen and oxygen atoms in total. The van der Waals surface area contributed by atoms with Crippen LogP contribution in [0.2, 0.25) is 0 Å². The molecule has 1 aromatic rings. The molecule has 1 aliphatic carbocycles. The highest BCUT2D eigenvalue weighted by atomic mass is 16.2. The Morgan fingerprint density at radius 3 is 2.06 bits per heavy atom. The first-order valence-electron chi connectivity index (χ1n) is 5.36. The van der Waals surface area contributed by atoms with E-state index < -0.39 is 6.04 Å². The van der Waals surface area contributed by atoms with E-state index in [1.165, 1.54) is 11.0 Å². The van der Waals surface area contributed by atoms with Gasteiger partial charge in [-0.3, -0.25) is 19.3 Å². The second-order valence-corrected chi connectivity index (χ2v) is 4.12. The van der Waals surface area contributed by atoms with Crippen molar-refractivity contribution >= 4 is 17.6 Å². The van der Waals surface area contributed by atoms with E-state index in [4.69, 9.17) is 0 Å². The number of ketones is 1. The summed E-state index contributed by atoms with van der Waals surface area (Å²) in [4.78, 5) is 36.5. The Balaban J connectivity index is 2.01. The van der Waals surface area contributed by atoms with Gasteiger partial charge in [0.1, 0.15) is 0 Å². The lowest BCUT2D eigenvalue weighted by molar-refractivity contribution is -0.114. The molecule has 1 heterocycles. The highest BCUT2D eigenvalue weighted by Crippen LogP contribution is 2.27. The van der Waals surface area contributed by atoms with Crippen molar-refractivity contribution in [3.8, 4) is 0 Å². The summed E-state index contributed by atoms with van der Waals surface area (Å²) in [6.45, 7) is 0. The predicted molar refractivity (Wildman–Crippen MR) is 59.5 cm³/mol. The van der Waals surface area contributed by atoms with Gasteiger partial charge in [-0.1, -0.05) is 18.2 Å². The fourth-order valence-electron chi connectivity index (χ4n) is 2.25. The van der Waals surface area contributed by atoms with E-state index in [2.05, 4.69) is 0 Å². The van der Waals surface area contributed by atoms with E-state index in [0.29, 0.717) is 11.1 Å². The Hall–Kier alpha value is -2.23. The Kier molecular flexibility index (Phi) is 1.98. The van der Waals surface area contributed by atoms with Gasteiger partial charge in [0.15, 0.2) is 5.78 Å². The minimum absolute atomic E-state index is 0.0495. The number of benzene rings is 1. The van der Waals surface area contributed by atoms with Crippen LogP contribution in [0.15, 0.2) is 36.4 Å². The van der Waals surface area contributed by atoms with Crippen molar-refractivity contribution in [3.63, 3.8) is 0 Å². The van der Waals surface area contributed by atoms with Gasteiger partial charge in [0.25, 0.3) is 11.8 Å². The van der Waals surface area contributed by atoms with Gasteiger partial charge in [-0.2, -0.15) is 0 Å². The van der Waals surface area contributed by atoms with Crippen molar-refractivity contribution in [2.45, 2.75) is 12.5 Å². The first-order chi connectivity index (χ1) is 8.18. The highest BCUT2D eigenvalue weighted by molar-refractivity contribution is 6.22. The normalized spacial score (nSPS) is 22.5. The molecular formula is C13H9NO3. The van der Waals surface area contributed by atoms with Gasteiger partial charge in [0.2, 0.25) is 0 Å². The lowest BCUT2D eigenvalue weighted by Gasteiger charge is -2.19. The standard InChI is InChI=1S/C13H9NO3/c15-9-6-5-8(7-9)14-12(16)10-3-1-2-4-11(10)13(14)17/h1-6,8H,7H2/t8-/m1/s1. The molecule has 4 heteroatoms. The zero-order chi connectivity index (χ0) is 12.0.